The van der Waals surface area contributed by atoms with Gasteiger partial charge in [0.15, 0.2) is 5.66 Å². The van der Waals surface area contributed by atoms with Crippen molar-refractivity contribution in [3.63, 3.8) is 0 Å². The van der Waals surface area contributed by atoms with E-state index in [1.165, 1.54) is 11.8 Å². The van der Waals surface area contributed by atoms with Crippen molar-refractivity contribution in [2.75, 3.05) is 12.4 Å². The first kappa shape index (κ1) is 27.4. The SMILES string of the molecule is C=CC1=CSC(N)N1C1(/C=C/C=C/C)Cc2cc3c(c(O)c2C=N1)[C@]1(C=c2c(O)c4ccc(NC)cc4c(O)c2=C1)CC3. The Kier molecular flexibility index (Phi) is 6.27. The smallest absolute Gasteiger partial charge is 0.157 e. The molecule has 4 aliphatic rings. The van der Waals surface area contributed by atoms with Crippen molar-refractivity contribution >= 4 is 46.6 Å². The van der Waals surface area contributed by atoms with Gasteiger partial charge in [0.1, 0.15) is 22.7 Å². The third-order valence-electron chi connectivity index (χ3n) is 9.23. The van der Waals surface area contributed by atoms with Crippen LogP contribution in [0.4, 0.5) is 5.69 Å². The Morgan fingerprint density at radius 2 is 1.84 bits per heavy atom. The number of nitrogens with two attached hydrogens (primary N) is 1. The van der Waals surface area contributed by atoms with Crippen molar-refractivity contribution in [2.45, 2.75) is 42.8 Å². The molecule has 2 aliphatic heterocycles. The van der Waals surface area contributed by atoms with E-state index in [9.17, 15) is 15.3 Å². The monoisotopic (exact) mass is 590 g/mol. The normalized spacial score (nSPS) is 25.2. The molecule has 7 nitrogen and oxygen atoms in total. The van der Waals surface area contributed by atoms with Gasteiger partial charge in [-0.2, -0.15) is 0 Å². The molecule has 43 heavy (non-hydrogen) atoms. The first-order valence-electron chi connectivity index (χ1n) is 14.4. The van der Waals surface area contributed by atoms with Gasteiger partial charge in [-0.15, -0.1) is 0 Å². The van der Waals surface area contributed by atoms with Crippen LogP contribution in [0.15, 0.2) is 77.3 Å². The number of rotatable bonds is 5. The van der Waals surface area contributed by atoms with Crippen LogP contribution >= 0.6 is 11.8 Å². The minimum Gasteiger partial charge on any atom is -0.507 e. The molecule has 0 fully saturated rings. The van der Waals surface area contributed by atoms with Crippen LogP contribution in [0.3, 0.4) is 0 Å². The van der Waals surface area contributed by atoms with Gasteiger partial charge in [0.25, 0.3) is 0 Å². The van der Waals surface area contributed by atoms with E-state index in [0.29, 0.717) is 39.6 Å². The fraction of sp³-hybridized carbons (Fsp3) is 0.229. The zero-order chi connectivity index (χ0) is 30.1. The van der Waals surface area contributed by atoms with Crippen molar-refractivity contribution in [1.29, 1.82) is 0 Å². The lowest BCUT2D eigenvalue weighted by atomic mass is 9.79. The molecule has 2 unspecified atom stereocenters. The molecule has 3 aromatic rings. The highest BCUT2D eigenvalue weighted by atomic mass is 32.2. The number of nitrogens with one attached hydrogen (secondary N) is 1. The zero-order valence-corrected chi connectivity index (χ0v) is 24.9. The summed E-state index contributed by atoms with van der Waals surface area (Å²) in [6.45, 7) is 5.97. The summed E-state index contributed by atoms with van der Waals surface area (Å²) in [4.78, 5) is 7.14. The van der Waals surface area contributed by atoms with Crippen molar-refractivity contribution in [3.8, 4) is 17.2 Å². The maximum Gasteiger partial charge on any atom is 0.157 e. The van der Waals surface area contributed by atoms with Crippen LogP contribution in [-0.2, 0) is 18.3 Å². The number of allylic oxidation sites excluding steroid dienone is 4. The van der Waals surface area contributed by atoms with Crippen LogP contribution in [0, 0.1) is 0 Å². The average Bonchev–Trinajstić information content (AvgIpc) is 3.71. The van der Waals surface area contributed by atoms with E-state index in [2.05, 4.69) is 28.9 Å². The number of phenolic OH excluding ortho intramolecular Hbond substituents is 3. The Morgan fingerprint density at radius 1 is 1.07 bits per heavy atom. The Labute approximate surface area is 254 Å². The van der Waals surface area contributed by atoms with Crippen molar-refractivity contribution in [3.05, 3.63) is 105 Å². The average molecular weight is 591 g/mol. The first-order valence-corrected chi connectivity index (χ1v) is 15.4. The fourth-order valence-electron chi connectivity index (χ4n) is 7.20. The number of hydrogen-bond donors (Lipinski definition) is 5. The number of thioether (sulfide) groups is 1. The quantitative estimate of drug-likeness (QED) is 0.218. The molecule has 3 atom stereocenters. The summed E-state index contributed by atoms with van der Waals surface area (Å²) in [7, 11) is 1.82. The molecule has 0 amide bonds. The molecule has 0 bridgehead atoms. The Hall–Kier alpha value is -4.40. The van der Waals surface area contributed by atoms with Crippen LogP contribution in [0.25, 0.3) is 22.9 Å². The predicted octanol–water partition coefficient (Wildman–Crippen LogP) is 4.58. The molecule has 0 aromatic heterocycles. The molecule has 7 rings (SSSR count). The molecule has 0 radical (unpaired) electrons. The number of aromatic hydroxyl groups is 3. The number of aryl methyl sites for hydroxylation is 1. The van der Waals surface area contributed by atoms with Gasteiger partial charge in [-0.25, -0.2) is 0 Å². The van der Waals surface area contributed by atoms with Crippen molar-refractivity contribution in [2.24, 2.45) is 10.7 Å². The van der Waals surface area contributed by atoms with E-state index in [1.54, 1.807) is 12.3 Å². The molecule has 3 aromatic carbocycles. The molecule has 2 aliphatic carbocycles. The fourth-order valence-corrected chi connectivity index (χ4v) is 8.12. The van der Waals surface area contributed by atoms with Gasteiger partial charge in [-0.1, -0.05) is 54.8 Å². The molecule has 0 saturated carbocycles. The Bertz CT molecular complexity index is 1980. The summed E-state index contributed by atoms with van der Waals surface area (Å²) in [5.41, 5.74) is 10.1. The second-order valence-electron chi connectivity index (χ2n) is 11.5. The molecule has 0 saturated heterocycles. The molecule has 2 heterocycles. The van der Waals surface area contributed by atoms with Gasteiger partial charge in [0, 0.05) is 68.8 Å². The lowest BCUT2D eigenvalue weighted by Crippen LogP contribution is -2.53. The molecular weight excluding hydrogens is 556 g/mol. The number of phenols is 3. The van der Waals surface area contributed by atoms with Gasteiger partial charge in [0.05, 0.1) is 0 Å². The summed E-state index contributed by atoms with van der Waals surface area (Å²) in [5.74, 6) is 0.458. The van der Waals surface area contributed by atoms with Crippen LogP contribution in [-0.4, -0.2) is 44.6 Å². The van der Waals surface area contributed by atoms with E-state index in [4.69, 9.17) is 10.7 Å². The van der Waals surface area contributed by atoms with Gasteiger partial charge >= 0.3 is 0 Å². The Morgan fingerprint density at radius 3 is 2.56 bits per heavy atom. The van der Waals surface area contributed by atoms with Crippen LogP contribution in [0.1, 0.15) is 35.6 Å². The lowest BCUT2D eigenvalue weighted by Gasteiger charge is -2.43. The topological polar surface area (TPSA) is 114 Å². The van der Waals surface area contributed by atoms with E-state index < -0.39 is 11.1 Å². The summed E-state index contributed by atoms with van der Waals surface area (Å²) >= 11 is 1.53. The number of fused-ring (bicyclic) bond motifs is 5. The van der Waals surface area contributed by atoms with Crippen molar-refractivity contribution in [1.82, 2.24) is 4.90 Å². The van der Waals surface area contributed by atoms with Gasteiger partial charge in [-0.05, 0) is 66.7 Å². The maximum atomic E-state index is 11.9. The molecule has 1 spiro atoms. The van der Waals surface area contributed by atoms with Crippen molar-refractivity contribution < 1.29 is 15.3 Å². The van der Waals surface area contributed by atoms with E-state index >= 15 is 0 Å². The minimum absolute atomic E-state index is 0.129. The zero-order valence-electron chi connectivity index (χ0n) is 24.1. The van der Waals surface area contributed by atoms with Gasteiger partial charge in [-0.3, -0.25) is 4.99 Å². The second kappa shape index (κ2) is 9.82. The van der Waals surface area contributed by atoms with E-state index in [1.807, 2.05) is 68.0 Å². The summed E-state index contributed by atoms with van der Waals surface area (Å²) in [6.07, 6.45) is 17.6. The van der Waals surface area contributed by atoms with Crippen LogP contribution < -0.4 is 21.5 Å². The maximum absolute atomic E-state index is 11.9. The first-order chi connectivity index (χ1) is 20.8. The third-order valence-corrected chi connectivity index (χ3v) is 10.1. The third kappa shape index (κ3) is 3.90. The number of benzene rings is 3. The largest absolute Gasteiger partial charge is 0.507 e. The Balaban J connectivity index is 1.38. The number of nitrogens with zero attached hydrogens (tertiary/aromatic N) is 2. The molecular formula is C35H34N4O3S. The number of anilines is 1. The minimum atomic E-state index is -0.780. The standard InChI is InChI=1S/C35H34N4O3S/c1-4-6-7-11-35(39-23(5-2)19-43-33(39)36)15-21-13-20-10-12-34(29(20)32(42)28(21)18-38-35)16-26-27(17-34)31(41)25-14-22(37-3)8-9-24(25)30(26)40/h4-9,11,13-14,16-19,33,37,40-42H,2,10,12,15,36H2,1,3H3/b6-4+,11-7+/t33?,34-,35?/m0/s1. The van der Waals surface area contributed by atoms with E-state index in [-0.39, 0.29) is 22.7 Å². The van der Waals surface area contributed by atoms with Crippen LogP contribution in [0.5, 0.6) is 17.2 Å². The van der Waals surface area contributed by atoms with E-state index in [0.717, 1.165) is 34.5 Å². The number of hydrogen-bond acceptors (Lipinski definition) is 8. The highest BCUT2D eigenvalue weighted by Gasteiger charge is 2.46. The second-order valence-corrected chi connectivity index (χ2v) is 12.5. The van der Waals surface area contributed by atoms with Gasteiger partial charge in [0.2, 0.25) is 0 Å². The highest BCUT2D eigenvalue weighted by molar-refractivity contribution is 8.02. The molecule has 218 valence electrons. The van der Waals surface area contributed by atoms with Gasteiger partial charge < -0.3 is 31.3 Å². The summed E-state index contributed by atoms with van der Waals surface area (Å²) < 4.78 is 0. The lowest BCUT2D eigenvalue weighted by molar-refractivity contribution is 0.182. The van der Waals surface area contributed by atoms with Crippen LogP contribution in [0.2, 0.25) is 0 Å². The highest BCUT2D eigenvalue weighted by Crippen LogP contribution is 2.51. The summed E-state index contributed by atoms with van der Waals surface area (Å²) in [6, 6.07) is 7.72. The molecule has 6 N–H and O–H groups in total. The summed E-state index contributed by atoms with van der Waals surface area (Å²) in [5, 5.41) is 42.0. The molecule has 8 heteroatoms. The predicted molar refractivity (Wildman–Crippen MR) is 177 cm³/mol. The number of aliphatic imine (C=N–C) groups is 1.